The van der Waals surface area contributed by atoms with Gasteiger partial charge in [0.25, 0.3) is 0 Å². The lowest BCUT2D eigenvalue weighted by molar-refractivity contribution is -0.137. The molecule has 2 heterocycles. The number of alkyl halides is 3. The first-order chi connectivity index (χ1) is 15.4. The predicted octanol–water partition coefficient (Wildman–Crippen LogP) is 5.92. The van der Waals surface area contributed by atoms with Crippen LogP contribution in [0.3, 0.4) is 0 Å². The molecule has 0 amide bonds. The molecule has 2 fully saturated rings. The van der Waals surface area contributed by atoms with Crippen LogP contribution in [0.2, 0.25) is 0 Å². The topological polar surface area (TPSA) is 43.4 Å². The second kappa shape index (κ2) is 9.15. The Morgan fingerprint density at radius 3 is 2.06 bits per heavy atom. The number of hydrogen-bond acceptors (Lipinski definition) is 5. The Labute approximate surface area is 198 Å². The van der Waals surface area contributed by atoms with Crippen LogP contribution in [0.1, 0.15) is 58.9 Å². The van der Waals surface area contributed by atoms with Crippen molar-refractivity contribution in [1.82, 2.24) is 4.98 Å². The van der Waals surface area contributed by atoms with Gasteiger partial charge in [-0.15, -0.1) is 11.8 Å². The SMILES string of the molecule is CC1(C)OB(c2ccc(SC3CCC(Nc4ccc(C(F)(F)F)cn4)CC3)cc2)OC1(C)C. The number of nitrogens with zero attached hydrogens (tertiary/aromatic N) is 1. The van der Waals surface area contributed by atoms with Gasteiger partial charge in [-0.2, -0.15) is 13.2 Å². The fourth-order valence-corrected chi connectivity index (χ4v) is 5.24. The summed E-state index contributed by atoms with van der Waals surface area (Å²) in [7, 11) is -0.352. The summed E-state index contributed by atoms with van der Waals surface area (Å²) in [6.45, 7) is 8.21. The Hall–Kier alpha value is -1.71. The zero-order valence-electron chi connectivity index (χ0n) is 19.4. The number of aromatic nitrogens is 1. The van der Waals surface area contributed by atoms with Crippen LogP contribution in [0.15, 0.2) is 47.5 Å². The van der Waals surface area contributed by atoms with E-state index in [0.717, 1.165) is 43.4 Å². The standard InChI is InChI=1S/C24H30BF3N2O2S/c1-22(2)23(3,4)32-25(31-22)17-6-10-19(11-7-17)33-20-12-8-18(9-13-20)30-21-14-5-16(15-29-21)24(26,27)28/h5-7,10-11,14-15,18,20H,8-9,12-13H2,1-4H3,(H,29,30). The third-order valence-corrected chi connectivity index (χ3v) is 8.17. The van der Waals surface area contributed by atoms with Gasteiger partial charge in [0.15, 0.2) is 0 Å². The molecule has 0 bridgehead atoms. The monoisotopic (exact) mass is 478 g/mol. The van der Waals surface area contributed by atoms with E-state index >= 15 is 0 Å². The summed E-state index contributed by atoms with van der Waals surface area (Å²) in [5.74, 6) is 0.498. The number of rotatable bonds is 5. The minimum Gasteiger partial charge on any atom is -0.399 e. The second-order valence-electron chi connectivity index (χ2n) is 9.82. The molecule has 0 spiro atoms. The van der Waals surface area contributed by atoms with E-state index in [4.69, 9.17) is 9.31 Å². The molecular formula is C24H30BF3N2O2S. The number of pyridine rings is 1. The van der Waals surface area contributed by atoms with Crippen molar-refractivity contribution in [3.8, 4) is 0 Å². The zero-order valence-corrected chi connectivity index (χ0v) is 20.2. The largest absolute Gasteiger partial charge is 0.494 e. The third kappa shape index (κ3) is 5.69. The van der Waals surface area contributed by atoms with Crippen molar-refractivity contribution in [2.45, 2.75) is 86.9 Å². The molecule has 1 N–H and O–H groups in total. The van der Waals surface area contributed by atoms with E-state index in [-0.39, 0.29) is 24.4 Å². The normalized spacial score (nSPS) is 24.6. The average molecular weight is 478 g/mol. The lowest BCUT2D eigenvalue weighted by Gasteiger charge is -2.32. The lowest BCUT2D eigenvalue weighted by Crippen LogP contribution is -2.41. The summed E-state index contributed by atoms with van der Waals surface area (Å²) in [6, 6.07) is 11.1. The van der Waals surface area contributed by atoms with Crippen LogP contribution in [-0.4, -0.2) is 34.6 Å². The Morgan fingerprint density at radius 1 is 0.939 bits per heavy atom. The summed E-state index contributed by atoms with van der Waals surface area (Å²) in [5, 5.41) is 3.80. The maximum absolute atomic E-state index is 12.7. The van der Waals surface area contributed by atoms with Crippen LogP contribution in [-0.2, 0) is 15.5 Å². The van der Waals surface area contributed by atoms with Gasteiger partial charge >= 0.3 is 13.3 Å². The molecule has 4 nitrogen and oxygen atoms in total. The Bertz CT molecular complexity index is 928. The van der Waals surface area contributed by atoms with Gasteiger partial charge in [0.05, 0.1) is 16.8 Å². The van der Waals surface area contributed by atoms with Crippen molar-refractivity contribution in [1.29, 1.82) is 0 Å². The van der Waals surface area contributed by atoms with E-state index in [1.807, 2.05) is 11.8 Å². The summed E-state index contributed by atoms with van der Waals surface area (Å²) in [5.41, 5.74) is -0.408. The van der Waals surface area contributed by atoms with Gasteiger partial charge in [-0.25, -0.2) is 4.98 Å². The number of nitrogens with one attached hydrogen (secondary N) is 1. The highest BCUT2D eigenvalue weighted by Crippen LogP contribution is 2.37. The van der Waals surface area contributed by atoms with Gasteiger partial charge < -0.3 is 14.6 Å². The van der Waals surface area contributed by atoms with E-state index in [9.17, 15) is 13.2 Å². The molecule has 0 atom stereocenters. The van der Waals surface area contributed by atoms with Crippen molar-refractivity contribution in [3.63, 3.8) is 0 Å². The van der Waals surface area contributed by atoms with Crippen LogP contribution < -0.4 is 10.8 Å². The number of halogens is 3. The first-order valence-electron chi connectivity index (χ1n) is 11.3. The highest BCUT2D eigenvalue weighted by atomic mass is 32.2. The van der Waals surface area contributed by atoms with E-state index in [1.165, 1.54) is 11.0 Å². The first kappa shape index (κ1) is 24.4. The second-order valence-corrected chi connectivity index (χ2v) is 11.2. The first-order valence-corrected chi connectivity index (χ1v) is 12.2. The molecule has 1 saturated carbocycles. The summed E-state index contributed by atoms with van der Waals surface area (Å²) >= 11 is 1.88. The van der Waals surface area contributed by atoms with Crippen LogP contribution in [0.5, 0.6) is 0 Å². The third-order valence-electron chi connectivity index (χ3n) is 6.83. The van der Waals surface area contributed by atoms with E-state index in [1.54, 1.807) is 0 Å². The maximum atomic E-state index is 12.7. The Morgan fingerprint density at radius 2 is 1.55 bits per heavy atom. The fourth-order valence-electron chi connectivity index (χ4n) is 4.06. The summed E-state index contributed by atoms with van der Waals surface area (Å²) in [4.78, 5) is 5.15. The molecule has 9 heteroatoms. The van der Waals surface area contributed by atoms with Gasteiger partial charge in [-0.1, -0.05) is 12.1 Å². The van der Waals surface area contributed by atoms with Gasteiger partial charge in [0, 0.05) is 22.4 Å². The summed E-state index contributed by atoms with van der Waals surface area (Å²) < 4.78 is 50.3. The van der Waals surface area contributed by atoms with Crippen molar-refractivity contribution in [2.75, 3.05) is 5.32 Å². The molecule has 178 valence electrons. The quantitative estimate of drug-likeness (QED) is 0.541. The highest BCUT2D eigenvalue weighted by molar-refractivity contribution is 8.00. The van der Waals surface area contributed by atoms with E-state index in [0.29, 0.717) is 11.1 Å². The van der Waals surface area contributed by atoms with Gasteiger partial charge in [-0.3, -0.25) is 0 Å². The number of hydrogen-bond donors (Lipinski definition) is 1. The lowest BCUT2D eigenvalue weighted by atomic mass is 9.79. The molecule has 2 aromatic rings. The number of benzene rings is 1. The van der Waals surface area contributed by atoms with Crippen LogP contribution in [0, 0.1) is 0 Å². The number of anilines is 1. The van der Waals surface area contributed by atoms with E-state index < -0.39 is 11.7 Å². The van der Waals surface area contributed by atoms with Crippen molar-refractivity contribution < 1.29 is 22.5 Å². The smallest absolute Gasteiger partial charge is 0.399 e. The zero-order chi connectivity index (χ0) is 23.9. The molecule has 1 aliphatic carbocycles. The predicted molar refractivity (Wildman–Crippen MR) is 127 cm³/mol. The van der Waals surface area contributed by atoms with Crippen LogP contribution >= 0.6 is 11.8 Å². The molecular weight excluding hydrogens is 448 g/mol. The van der Waals surface area contributed by atoms with Crippen molar-refractivity contribution in [2.24, 2.45) is 0 Å². The molecule has 1 aromatic heterocycles. The number of thioether (sulfide) groups is 1. The van der Waals surface area contributed by atoms with Gasteiger partial charge in [0.1, 0.15) is 5.82 Å². The minimum atomic E-state index is -4.36. The summed E-state index contributed by atoms with van der Waals surface area (Å²) in [6.07, 6.45) is 0.545. The molecule has 1 aromatic carbocycles. The Kier molecular flexibility index (Phi) is 6.77. The molecule has 1 saturated heterocycles. The molecule has 1 aliphatic heterocycles. The Balaban J connectivity index is 1.26. The molecule has 0 unspecified atom stereocenters. The van der Waals surface area contributed by atoms with Crippen LogP contribution in [0.4, 0.5) is 19.0 Å². The van der Waals surface area contributed by atoms with Gasteiger partial charge in [-0.05, 0) is 83.1 Å². The molecule has 4 rings (SSSR count). The van der Waals surface area contributed by atoms with E-state index in [2.05, 4.69) is 62.3 Å². The minimum absolute atomic E-state index is 0.233. The van der Waals surface area contributed by atoms with Crippen molar-refractivity contribution in [3.05, 3.63) is 48.2 Å². The van der Waals surface area contributed by atoms with Crippen LogP contribution in [0.25, 0.3) is 0 Å². The molecule has 0 radical (unpaired) electrons. The van der Waals surface area contributed by atoms with Crippen molar-refractivity contribution >= 4 is 30.2 Å². The fraction of sp³-hybridized carbons (Fsp3) is 0.542. The molecule has 33 heavy (non-hydrogen) atoms. The maximum Gasteiger partial charge on any atom is 0.494 e. The van der Waals surface area contributed by atoms with Gasteiger partial charge in [0.2, 0.25) is 0 Å². The highest BCUT2D eigenvalue weighted by Gasteiger charge is 2.51. The molecule has 2 aliphatic rings. The average Bonchev–Trinajstić information content (AvgIpc) is 2.97.